The van der Waals surface area contributed by atoms with E-state index in [0.29, 0.717) is 6.42 Å². The molecule has 0 aromatic heterocycles. The van der Waals surface area contributed by atoms with E-state index in [1.165, 1.54) is 90.1 Å². The van der Waals surface area contributed by atoms with E-state index in [1.807, 2.05) is 12.1 Å². The summed E-state index contributed by atoms with van der Waals surface area (Å²) in [5, 5.41) is 20.7. The van der Waals surface area contributed by atoms with Gasteiger partial charge in [-0.2, -0.15) is 0 Å². The molecule has 0 saturated carbocycles. The number of unbranched alkanes of at least 4 members (excludes halogenated alkanes) is 3. The highest BCUT2D eigenvalue weighted by atomic mass is 16.5. The van der Waals surface area contributed by atoms with E-state index in [1.54, 1.807) is 0 Å². The topological polar surface area (TPSA) is 85.9 Å². The molecule has 3 aliphatic heterocycles. The van der Waals surface area contributed by atoms with E-state index in [4.69, 9.17) is 4.74 Å². The number of rotatable bonds is 20. The summed E-state index contributed by atoms with van der Waals surface area (Å²) >= 11 is 0. The molecule has 1 aromatic rings. The first-order chi connectivity index (χ1) is 21.2. The van der Waals surface area contributed by atoms with Crippen molar-refractivity contribution in [2.75, 3.05) is 59.0 Å². The van der Waals surface area contributed by atoms with Crippen molar-refractivity contribution in [3.63, 3.8) is 0 Å². The number of benzene rings is 1. The van der Waals surface area contributed by atoms with Gasteiger partial charge in [-0.15, -0.1) is 0 Å². The molecule has 0 spiro atoms. The van der Waals surface area contributed by atoms with E-state index in [2.05, 4.69) is 33.0 Å². The molecule has 3 saturated heterocycles. The Morgan fingerprint density at radius 1 is 0.698 bits per heavy atom. The summed E-state index contributed by atoms with van der Waals surface area (Å²) in [5.74, 6) is 2.76. The highest BCUT2D eigenvalue weighted by Crippen LogP contribution is 2.23. The van der Waals surface area contributed by atoms with Crippen LogP contribution in [0.1, 0.15) is 102 Å². The number of piperidine rings is 3. The maximum Gasteiger partial charge on any atom is 0.321 e. The zero-order valence-corrected chi connectivity index (χ0v) is 27.0. The van der Waals surface area contributed by atoms with Crippen molar-refractivity contribution >= 4 is 5.97 Å². The number of nitrogens with zero attached hydrogens (tertiary/aromatic N) is 1. The van der Waals surface area contributed by atoms with Crippen LogP contribution in [0.3, 0.4) is 0 Å². The maximum absolute atomic E-state index is 12.6. The monoisotopic (exact) mass is 598 g/mol. The van der Waals surface area contributed by atoms with Gasteiger partial charge in [0.15, 0.2) is 0 Å². The summed E-state index contributed by atoms with van der Waals surface area (Å²) in [6.07, 6.45) is 19.1. The second kappa shape index (κ2) is 20.4. The van der Waals surface area contributed by atoms with Gasteiger partial charge in [0.2, 0.25) is 0 Å². The largest absolute Gasteiger partial charge is 0.494 e. The second-order valence-electron chi connectivity index (χ2n) is 13.7. The van der Waals surface area contributed by atoms with Crippen molar-refractivity contribution in [2.45, 2.75) is 109 Å². The van der Waals surface area contributed by atoms with Crippen LogP contribution in [0.5, 0.6) is 5.75 Å². The van der Waals surface area contributed by atoms with Crippen LogP contribution in [0.4, 0.5) is 0 Å². The fraction of sp³-hybridized carbons (Fsp3) is 0.806. The Morgan fingerprint density at radius 3 is 1.58 bits per heavy atom. The van der Waals surface area contributed by atoms with Gasteiger partial charge in [0.05, 0.1) is 6.61 Å². The van der Waals surface area contributed by atoms with Gasteiger partial charge in [0.25, 0.3) is 0 Å². The van der Waals surface area contributed by atoms with Gasteiger partial charge in [-0.1, -0.05) is 44.2 Å². The van der Waals surface area contributed by atoms with E-state index in [-0.39, 0.29) is 0 Å². The molecule has 3 fully saturated rings. The van der Waals surface area contributed by atoms with E-state index in [0.717, 1.165) is 94.2 Å². The van der Waals surface area contributed by atoms with Crippen molar-refractivity contribution < 1.29 is 14.6 Å². The zero-order chi connectivity index (χ0) is 30.0. The molecule has 0 radical (unpaired) electrons. The molecule has 43 heavy (non-hydrogen) atoms. The third kappa shape index (κ3) is 13.5. The fourth-order valence-electron chi connectivity index (χ4n) is 7.47. The van der Waals surface area contributed by atoms with Gasteiger partial charge in [-0.25, -0.2) is 0 Å². The predicted octanol–water partition coefficient (Wildman–Crippen LogP) is 5.87. The number of carboxylic acid groups (broad SMARTS) is 1. The molecule has 0 unspecified atom stereocenters. The molecule has 1 atom stereocenters. The van der Waals surface area contributed by atoms with Crippen LogP contribution in [0.2, 0.25) is 0 Å². The Hall–Kier alpha value is -1.67. The number of aliphatic carboxylic acids is 1. The lowest BCUT2D eigenvalue weighted by atomic mass is 9.92. The molecule has 244 valence electrons. The Balaban J connectivity index is 1.22. The average molecular weight is 599 g/mol. The molecule has 1 aromatic carbocycles. The minimum Gasteiger partial charge on any atom is -0.494 e. The minimum atomic E-state index is -0.689. The van der Waals surface area contributed by atoms with Gasteiger partial charge in [0, 0.05) is 0 Å². The van der Waals surface area contributed by atoms with Crippen LogP contribution in [0.15, 0.2) is 24.3 Å². The number of hydrogen-bond acceptors (Lipinski definition) is 6. The van der Waals surface area contributed by atoms with Crippen LogP contribution < -0.4 is 20.7 Å². The van der Waals surface area contributed by atoms with Gasteiger partial charge in [-0.05, 0) is 158 Å². The van der Waals surface area contributed by atoms with E-state index < -0.39 is 12.0 Å². The quantitative estimate of drug-likeness (QED) is 0.140. The molecule has 0 bridgehead atoms. The van der Waals surface area contributed by atoms with Crippen LogP contribution in [0, 0.1) is 17.8 Å². The number of ether oxygens (including phenoxy) is 1. The average Bonchev–Trinajstić information content (AvgIpc) is 3.05. The SMILES string of the molecule is O=C(O)[C@H](Cc1ccc(OCCCCC2CCNCC2)cc1)N(CCCCC1CCNCC1)CCCCC1CCNCC1. The van der Waals surface area contributed by atoms with Gasteiger partial charge in [-0.3, -0.25) is 9.69 Å². The molecule has 3 heterocycles. The van der Waals surface area contributed by atoms with Crippen molar-refractivity contribution in [1.82, 2.24) is 20.9 Å². The van der Waals surface area contributed by atoms with Crippen LogP contribution in [0.25, 0.3) is 0 Å². The predicted molar refractivity (Wildman–Crippen MR) is 177 cm³/mol. The molecular formula is C36H62N4O3. The van der Waals surface area contributed by atoms with Crippen LogP contribution in [-0.2, 0) is 11.2 Å². The summed E-state index contributed by atoms with van der Waals surface area (Å²) in [6, 6.07) is 7.74. The highest BCUT2D eigenvalue weighted by molar-refractivity contribution is 5.74. The van der Waals surface area contributed by atoms with Gasteiger partial charge in [0.1, 0.15) is 11.8 Å². The van der Waals surface area contributed by atoms with Gasteiger partial charge >= 0.3 is 5.97 Å². The normalized spacial score (nSPS) is 19.9. The number of nitrogens with one attached hydrogen (secondary N) is 3. The Bertz CT molecular complexity index is 838. The maximum atomic E-state index is 12.6. The fourth-order valence-corrected chi connectivity index (χ4v) is 7.47. The van der Waals surface area contributed by atoms with E-state index >= 15 is 0 Å². The highest BCUT2D eigenvalue weighted by Gasteiger charge is 2.26. The van der Waals surface area contributed by atoms with Crippen LogP contribution >= 0.6 is 0 Å². The number of carbonyl (C=O) groups is 1. The van der Waals surface area contributed by atoms with E-state index in [9.17, 15) is 9.90 Å². The first-order valence-electron chi connectivity index (χ1n) is 18.0. The third-order valence-electron chi connectivity index (χ3n) is 10.3. The van der Waals surface area contributed by atoms with Crippen molar-refractivity contribution in [3.8, 4) is 5.75 Å². The molecular weight excluding hydrogens is 536 g/mol. The van der Waals surface area contributed by atoms with Crippen molar-refractivity contribution in [3.05, 3.63) is 29.8 Å². The molecule has 4 N–H and O–H groups in total. The first-order valence-corrected chi connectivity index (χ1v) is 18.0. The second-order valence-corrected chi connectivity index (χ2v) is 13.7. The molecule has 0 amide bonds. The lowest BCUT2D eigenvalue weighted by Crippen LogP contribution is -2.44. The molecule has 3 aliphatic rings. The van der Waals surface area contributed by atoms with Crippen molar-refractivity contribution in [2.24, 2.45) is 17.8 Å². The Kier molecular flexibility index (Phi) is 16.2. The number of carboxylic acids is 1. The standard InChI is InChI=1S/C36H62N4O3/c41-36(42)35(29-33-10-12-34(13-11-33)43-28-6-3-9-32-18-24-39-25-19-32)40(26-4-1-7-30-14-20-37-21-15-30)27-5-2-8-31-16-22-38-23-17-31/h10-13,30-32,35,37-39H,1-9,14-29H2,(H,41,42)/t35-/m0/s1. The number of hydrogen-bond donors (Lipinski definition) is 4. The summed E-state index contributed by atoms with van der Waals surface area (Å²) in [4.78, 5) is 14.9. The summed E-state index contributed by atoms with van der Waals surface area (Å²) in [6.45, 7) is 9.46. The zero-order valence-electron chi connectivity index (χ0n) is 27.0. The molecule has 0 aliphatic carbocycles. The lowest BCUT2D eigenvalue weighted by molar-refractivity contribution is -0.143. The smallest absolute Gasteiger partial charge is 0.321 e. The summed E-state index contributed by atoms with van der Waals surface area (Å²) < 4.78 is 6.03. The molecule has 7 nitrogen and oxygen atoms in total. The Labute approximate surface area is 262 Å². The Morgan fingerprint density at radius 2 is 1.14 bits per heavy atom. The minimum absolute atomic E-state index is 0.473. The summed E-state index contributed by atoms with van der Waals surface area (Å²) in [5.41, 5.74) is 1.08. The molecule has 4 rings (SSSR count). The van der Waals surface area contributed by atoms with Gasteiger partial charge < -0.3 is 25.8 Å². The third-order valence-corrected chi connectivity index (χ3v) is 10.3. The van der Waals surface area contributed by atoms with Crippen molar-refractivity contribution in [1.29, 1.82) is 0 Å². The first kappa shape index (κ1) is 34.2. The van der Waals surface area contributed by atoms with Crippen LogP contribution in [-0.4, -0.2) is 81.0 Å². The molecule has 7 heteroatoms. The summed E-state index contributed by atoms with van der Waals surface area (Å²) in [7, 11) is 0. The lowest BCUT2D eigenvalue weighted by Gasteiger charge is -2.30.